The normalized spacial score (nSPS) is 10.5. The van der Waals surface area contributed by atoms with Crippen LogP contribution < -0.4 is 5.73 Å². The minimum atomic E-state index is 0. The van der Waals surface area contributed by atoms with Crippen LogP contribution in [0.5, 0.6) is 0 Å². The fraction of sp³-hybridized carbons (Fsp3) is 0.333. The Kier molecular flexibility index (Phi) is 3.72. The first-order valence-electron chi connectivity index (χ1n) is 4.78. The van der Waals surface area contributed by atoms with Gasteiger partial charge in [-0.25, -0.2) is 0 Å². The van der Waals surface area contributed by atoms with Gasteiger partial charge in [-0.05, 0) is 32.2 Å². The molecule has 2 heteroatoms. The average Bonchev–Trinajstić information content (AvgIpc) is 2.15. The van der Waals surface area contributed by atoms with Crippen LogP contribution in [0.3, 0.4) is 0 Å². The second-order valence-electron chi connectivity index (χ2n) is 3.74. The van der Waals surface area contributed by atoms with Gasteiger partial charge in [0.1, 0.15) is 0 Å². The maximum Gasteiger partial charge on any atom is 0.0390 e. The lowest BCUT2D eigenvalue weighted by Gasteiger charge is -2.12. The molecule has 0 atom stereocenters. The standard InChI is InChI=1S/C12H18N2.H2/c1-10(8-9-14(2)3)11-6-4-5-7-12(11)13;/h4-7H,1,8-9,13H2,2-3H3;1H. The number of hydrogen-bond donors (Lipinski definition) is 1. The molecule has 14 heavy (non-hydrogen) atoms. The SMILES string of the molecule is C=C(CCN(C)C)c1ccccc1N.[HH]. The van der Waals surface area contributed by atoms with Crippen molar-refractivity contribution < 1.29 is 1.43 Å². The molecule has 2 nitrogen and oxygen atoms in total. The van der Waals surface area contributed by atoms with Crippen LogP contribution in [0.25, 0.3) is 5.57 Å². The van der Waals surface area contributed by atoms with Gasteiger partial charge >= 0.3 is 0 Å². The Morgan fingerprint density at radius 1 is 1.43 bits per heavy atom. The van der Waals surface area contributed by atoms with Crippen molar-refractivity contribution >= 4 is 11.3 Å². The summed E-state index contributed by atoms with van der Waals surface area (Å²) in [5.74, 6) is 0. The maximum atomic E-state index is 5.85. The molecule has 0 amide bonds. The zero-order valence-electron chi connectivity index (χ0n) is 8.96. The topological polar surface area (TPSA) is 29.3 Å². The summed E-state index contributed by atoms with van der Waals surface area (Å²) in [6.45, 7) is 5.06. The second-order valence-corrected chi connectivity index (χ2v) is 3.74. The Balaban J connectivity index is 0.00000196. The van der Waals surface area contributed by atoms with E-state index in [2.05, 4.69) is 25.6 Å². The molecule has 1 aromatic carbocycles. The predicted octanol–water partition coefficient (Wildman–Crippen LogP) is 2.48. The molecule has 0 aliphatic rings. The number of hydrogen-bond acceptors (Lipinski definition) is 2. The van der Waals surface area contributed by atoms with Crippen LogP contribution in [0.15, 0.2) is 30.8 Å². The molecule has 0 spiro atoms. The summed E-state index contributed by atoms with van der Waals surface area (Å²) in [6, 6.07) is 7.87. The number of nitrogens with two attached hydrogens (primary N) is 1. The van der Waals surface area contributed by atoms with Crippen molar-refractivity contribution in [2.75, 3.05) is 26.4 Å². The van der Waals surface area contributed by atoms with Crippen LogP contribution in [0.1, 0.15) is 13.4 Å². The van der Waals surface area contributed by atoms with E-state index >= 15 is 0 Å². The molecule has 0 unspecified atom stereocenters. The molecule has 0 bridgehead atoms. The van der Waals surface area contributed by atoms with Crippen molar-refractivity contribution in [3.63, 3.8) is 0 Å². The quantitative estimate of drug-likeness (QED) is 0.743. The first kappa shape index (κ1) is 10.8. The summed E-state index contributed by atoms with van der Waals surface area (Å²) in [4.78, 5) is 2.14. The van der Waals surface area contributed by atoms with Gasteiger partial charge in [-0.15, -0.1) is 0 Å². The van der Waals surface area contributed by atoms with Crippen molar-refractivity contribution in [1.82, 2.24) is 4.90 Å². The number of para-hydroxylation sites is 1. The monoisotopic (exact) mass is 192 g/mol. The third-order valence-corrected chi connectivity index (χ3v) is 2.20. The number of nitrogen functional groups attached to an aromatic ring is 1. The van der Waals surface area contributed by atoms with Gasteiger partial charge in [0.25, 0.3) is 0 Å². The molecule has 0 heterocycles. The zero-order chi connectivity index (χ0) is 10.6. The van der Waals surface area contributed by atoms with Gasteiger partial charge in [-0.3, -0.25) is 0 Å². The molecule has 0 saturated carbocycles. The van der Waals surface area contributed by atoms with E-state index in [9.17, 15) is 0 Å². The lowest BCUT2D eigenvalue weighted by atomic mass is 10.0. The summed E-state index contributed by atoms with van der Waals surface area (Å²) in [5.41, 5.74) is 8.86. The van der Waals surface area contributed by atoms with Crippen LogP contribution >= 0.6 is 0 Å². The second kappa shape index (κ2) is 4.82. The third kappa shape index (κ3) is 2.89. The summed E-state index contributed by atoms with van der Waals surface area (Å²) >= 11 is 0. The van der Waals surface area contributed by atoms with Crippen LogP contribution in [-0.4, -0.2) is 25.5 Å². The van der Waals surface area contributed by atoms with Gasteiger partial charge in [-0.2, -0.15) is 0 Å². The minimum Gasteiger partial charge on any atom is -0.398 e. The van der Waals surface area contributed by atoms with E-state index in [4.69, 9.17) is 5.73 Å². The molecular formula is C12H20N2. The van der Waals surface area contributed by atoms with Gasteiger partial charge in [0, 0.05) is 19.2 Å². The highest BCUT2D eigenvalue weighted by Crippen LogP contribution is 2.21. The third-order valence-electron chi connectivity index (χ3n) is 2.20. The van der Waals surface area contributed by atoms with Crippen molar-refractivity contribution in [3.8, 4) is 0 Å². The van der Waals surface area contributed by atoms with Crippen molar-refractivity contribution in [1.29, 1.82) is 0 Å². The summed E-state index contributed by atoms with van der Waals surface area (Å²) in [5, 5.41) is 0. The maximum absolute atomic E-state index is 5.85. The Morgan fingerprint density at radius 2 is 2.07 bits per heavy atom. The molecule has 1 aromatic rings. The van der Waals surface area contributed by atoms with Crippen molar-refractivity contribution in [3.05, 3.63) is 36.4 Å². The van der Waals surface area contributed by atoms with Gasteiger partial charge in [0.05, 0.1) is 0 Å². The molecule has 0 radical (unpaired) electrons. The van der Waals surface area contributed by atoms with E-state index in [0.717, 1.165) is 29.8 Å². The molecule has 0 aromatic heterocycles. The minimum absolute atomic E-state index is 0. The Morgan fingerprint density at radius 3 is 2.64 bits per heavy atom. The first-order chi connectivity index (χ1) is 6.61. The highest BCUT2D eigenvalue weighted by Gasteiger charge is 2.02. The summed E-state index contributed by atoms with van der Waals surface area (Å²) in [6.07, 6.45) is 0.960. The van der Waals surface area contributed by atoms with E-state index in [1.807, 2.05) is 24.3 Å². The van der Waals surface area contributed by atoms with E-state index in [0.29, 0.717) is 0 Å². The van der Waals surface area contributed by atoms with Crippen molar-refractivity contribution in [2.24, 2.45) is 0 Å². The fourth-order valence-corrected chi connectivity index (χ4v) is 1.31. The molecule has 2 N–H and O–H groups in total. The lowest BCUT2D eigenvalue weighted by Crippen LogP contribution is -2.13. The van der Waals surface area contributed by atoms with Gasteiger partial charge in [0.2, 0.25) is 0 Å². The highest BCUT2D eigenvalue weighted by molar-refractivity contribution is 5.73. The Labute approximate surface area is 87.5 Å². The number of rotatable bonds is 4. The lowest BCUT2D eigenvalue weighted by molar-refractivity contribution is 0.419. The predicted molar refractivity (Wildman–Crippen MR) is 65.2 cm³/mol. The molecule has 0 aliphatic heterocycles. The van der Waals surface area contributed by atoms with E-state index in [1.54, 1.807) is 0 Å². The Hall–Kier alpha value is -1.28. The van der Waals surface area contributed by atoms with Gasteiger partial charge in [0.15, 0.2) is 0 Å². The molecule has 0 saturated heterocycles. The van der Waals surface area contributed by atoms with Gasteiger partial charge < -0.3 is 10.6 Å². The molecule has 1 rings (SSSR count). The summed E-state index contributed by atoms with van der Waals surface area (Å²) < 4.78 is 0. The molecule has 78 valence electrons. The van der Waals surface area contributed by atoms with Crippen LogP contribution in [-0.2, 0) is 0 Å². The number of anilines is 1. The summed E-state index contributed by atoms with van der Waals surface area (Å²) in [7, 11) is 4.11. The average molecular weight is 192 g/mol. The smallest absolute Gasteiger partial charge is 0.0390 e. The van der Waals surface area contributed by atoms with Crippen LogP contribution in [0, 0.1) is 0 Å². The molecule has 0 aliphatic carbocycles. The van der Waals surface area contributed by atoms with Gasteiger partial charge in [-0.1, -0.05) is 24.8 Å². The van der Waals surface area contributed by atoms with E-state index < -0.39 is 0 Å². The number of benzene rings is 1. The number of nitrogens with zero attached hydrogens (tertiary/aromatic N) is 1. The molecule has 0 fully saturated rings. The largest absolute Gasteiger partial charge is 0.398 e. The highest BCUT2D eigenvalue weighted by atomic mass is 15.0. The first-order valence-corrected chi connectivity index (χ1v) is 4.78. The molecular weight excluding hydrogens is 172 g/mol. The van der Waals surface area contributed by atoms with Crippen molar-refractivity contribution in [2.45, 2.75) is 6.42 Å². The van der Waals surface area contributed by atoms with Crippen LogP contribution in [0.2, 0.25) is 0 Å². The van der Waals surface area contributed by atoms with E-state index in [-0.39, 0.29) is 1.43 Å². The van der Waals surface area contributed by atoms with E-state index in [1.165, 1.54) is 0 Å². The van der Waals surface area contributed by atoms with Crippen LogP contribution in [0.4, 0.5) is 5.69 Å². The Bertz CT molecular complexity index is 321. The zero-order valence-corrected chi connectivity index (χ0v) is 8.96. The fourth-order valence-electron chi connectivity index (χ4n) is 1.31.